The molecule has 0 aliphatic carbocycles. The molecule has 25 heavy (non-hydrogen) atoms. The number of piperidine rings is 1. The first-order valence-corrected chi connectivity index (χ1v) is 8.82. The number of nitrogens with zero attached hydrogens (tertiary/aromatic N) is 1. The van der Waals surface area contributed by atoms with Crippen LogP contribution in [0.25, 0.3) is 11.1 Å². The van der Waals surface area contributed by atoms with Gasteiger partial charge in [-0.15, -0.1) is 0 Å². The molecular formula is C21H25NO3. The number of aryl methyl sites for hydroxylation is 2. The molecule has 3 rings (SSSR count). The predicted molar refractivity (Wildman–Crippen MR) is 98.6 cm³/mol. The lowest BCUT2D eigenvalue weighted by atomic mass is 9.88. The average molecular weight is 339 g/mol. The van der Waals surface area contributed by atoms with Gasteiger partial charge in [0.05, 0.1) is 12.6 Å². The zero-order chi connectivity index (χ0) is 18.0. The van der Waals surface area contributed by atoms with Crippen molar-refractivity contribution in [1.29, 1.82) is 0 Å². The molecule has 132 valence electrons. The van der Waals surface area contributed by atoms with Crippen molar-refractivity contribution in [1.82, 2.24) is 4.90 Å². The number of hydrogen-bond acceptors (Lipinski definition) is 2. The monoisotopic (exact) mass is 339 g/mol. The van der Waals surface area contributed by atoms with E-state index in [1.807, 2.05) is 32.0 Å². The van der Waals surface area contributed by atoms with Crippen molar-refractivity contribution in [2.24, 2.45) is 0 Å². The van der Waals surface area contributed by atoms with Crippen LogP contribution >= 0.6 is 0 Å². The van der Waals surface area contributed by atoms with Gasteiger partial charge in [0.1, 0.15) is 0 Å². The van der Waals surface area contributed by atoms with Crippen molar-refractivity contribution >= 4 is 6.09 Å². The number of likely N-dealkylation sites (tertiary alicyclic amines) is 1. The van der Waals surface area contributed by atoms with Crippen LogP contribution in [-0.2, 0) is 6.61 Å². The first-order chi connectivity index (χ1) is 12.0. The van der Waals surface area contributed by atoms with Gasteiger partial charge in [0.25, 0.3) is 0 Å². The molecule has 1 saturated heterocycles. The zero-order valence-corrected chi connectivity index (χ0v) is 14.8. The van der Waals surface area contributed by atoms with E-state index in [0.29, 0.717) is 6.54 Å². The fourth-order valence-electron chi connectivity index (χ4n) is 3.96. The average Bonchev–Trinajstić information content (AvgIpc) is 2.61. The molecule has 0 radical (unpaired) electrons. The number of aliphatic hydroxyl groups excluding tert-OH is 1. The van der Waals surface area contributed by atoms with Crippen molar-refractivity contribution in [3.8, 4) is 11.1 Å². The van der Waals surface area contributed by atoms with Gasteiger partial charge in [-0.05, 0) is 66.5 Å². The highest BCUT2D eigenvalue weighted by Gasteiger charge is 2.28. The molecule has 0 aromatic heterocycles. The Hall–Kier alpha value is -2.33. The van der Waals surface area contributed by atoms with Crippen LogP contribution in [0.15, 0.2) is 36.4 Å². The van der Waals surface area contributed by atoms with Gasteiger partial charge in [-0.25, -0.2) is 4.79 Å². The Kier molecular flexibility index (Phi) is 5.09. The first kappa shape index (κ1) is 17.5. The van der Waals surface area contributed by atoms with Gasteiger partial charge < -0.3 is 15.1 Å². The normalized spacial score (nSPS) is 17.6. The fraction of sp³-hybridized carbons (Fsp3) is 0.381. The maximum absolute atomic E-state index is 11.6. The van der Waals surface area contributed by atoms with Crippen LogP contribution < -0.4 is 0 Å². The van der Waals surface area contributed by atoms with Gasteiger partial charge in [-0.2, -0.15) is 0 Å². The van der Waals surface area contributed by atoms with Crippen LogP contribution in [0.2, 0.25) is 0 Å². The number of amides is 1. The molecule has 0 spiro atoms. The molecule has 1 aliphatic rings. The van der Waals surface area contributed by atoms with Crippen molar-refractivity contribution in [2.45, 2.75) is 45.8 Å². The summed E-state index contributed by atoms with van der Waals surface area (Å²) in [7, 11) is 0. The van der Waals surface area contributed by atoms with Crippen molar-refractivity contribution in [2.75, 3.05) is 6.54 Å². The molecule has 1 heterocycles. The molecule has 0 bridgehead atoms. The molecule has 2 aromatic rings. The second-order valence-corrected chi connectivity index (χ2v) is 6.83. The molecule has 1 fully saturated rings. The Morgan fingerprint density at radius 3 is 2.64 bits per heavy atom. The summed E-state index contributed by atoms with van der Waals surface area (Å²) in [4.78, 5) is 13.1. The molecule has 0 saturated carbocycles. The first-order valence-electron chi connectivity index (χ1n) is 8.82. The zero-order valence-electron chi connectivity index (χ0n) is 14.8. The lowest BCUT2D eigenvalue weighted by molar-refractivity contribution is 0.106. The summed E-state index contributed by atoms with van der Waals surface area (Å²) in [5.74, 6) is 0. The Morgan fingerprint density at radius 2 is 1.96 bits per heavy atom. The molecule has 4 heteroatoms. The highest BCUT2D eigenvalue weighted by molar-refractivity contribution is 5.72. The van der Waals surface area contributed by atoms with Gasteiger partial charge in [0, 0.05) is 6.54 Å². The third-order valence-corrected chi connectivity index (χ3v) is 5.20. The van der Waals surface area contributed by atoms with E-state index in [1.54, 1.807) is 4.90 Å². The summed E-state index contributed by atoms with van der Waals surface area (Å²) < 4.78 is 0. The standard InChI is InChI=1S/C21H25NO3/c1-14-6-5-7-17(13-23)20(14)16-9-10-18(15(2)12-16)19-8-3-4-11-22(19)21(24)25/h5-7,9-10,12,19,23H,3-4,8,11,13H2,1-2H3,(H,24,25). The summed E-state index contributed by atoms with van der Waals surface area (Å²) >= 11 is 0. The van der Waals surface area contributed by atoms with E-state index < -0.39 is 6.09 Å². The fourth-order valence-corrected chi connectivity index (χ4v) is 3.96. The summed E-state index contributed by atoms with van der Waals surface area (Å²) in [6, 6.07) is 12.1. The molecule has 1 amide bonds. The predicted octanol–water partition coefficient (Wildman–Crippen LogP) is 4.67. The second kappa shape index (κ2) is 7.28. The third-order valence-electron chi connectivity index (χ3n) is 5.20. The van der Waals surface area contributed by atoms with Crippen LogP contribution in [0.5, 0.6) is 0 Å². The SMILES string of the molecule is Cc1cc(-c2c(C)cccc2CO)ccc1C1CCCCN1C(=O)O. The summed E-state index contributed by atoms with van der Waals surface area (Å²) in [6.07, 6.45) is 2.03. The third kappa shape index (κ3) is 3.40. The summed E-state index contributed by atoms with van der Waals surface area (Å²) in [5, 5.41) is 19.2. The summed E-state index contributed by atoms with van der Waals surface area (Å²) in [5.41, 5.74) is 6.37. The molecule has 1 atom stereocenters. The molecule has 2 aromatic carbocycles. The van der Waals surface area contributed by atoms with Crippen LogP contribution in [0.4, 0.5) is 4.79 Å². The van der Waals surface area contributed by atoms with Gasteiger partial charge in [-0.3, -0.25) is 0 Å². The largest absolute Gasteiger partial charge is 0.465 e. The maximum atomic E-state index is 11.6. The Labute approximate surface area is 148 Å². The number of carboxylic acid groups (broad SMARTS) is 1. The van der Waals surface area contributed by atoms with E-state index in [-0.39, 0.29) is 12.6 Å². The van der Waals surface area contributed by atoms with Crippen molar-refractivity contribution in [3.63, 3.8) is 0 Å². The molecule has 4 nitrogen and oxygen atoms in total. The minimum Gasteiger partial charge on any atom is -0.465 e. The topological polar surface area (TPSA) is 60.8 Å². The molecule has 1 aliphatic heterocycles. The second-order valence-electron chi connectivity index (χ2n) is 6.83. The Morgan fingerprint density at radius 1 is 1.16 bits per heavy atom. The molecule has 1 unspecified atom stereocenters. The van der Waals surface area contributed by atoms with Gasteiger partial charge in [-0.1, -0.05) is 36.4 Å². The minimum atomic E-state index is -0.838. The van der Waals surface area contributed by atoms with E-state index in [0.717, 1.165) is 52.6 Å². The maximum Gasteiger partial charge on any atom is 0.407 e. The minimum absolute atomic E-state index is 0.00717. The smallest absolute Gasteiger partial charge is 0.407 e. The number of aliphatic hydroxyl groups is 1. The van der Waals surface area contributed by atoms with Crippen LogP contribution in [0.3, 0.4) is 0 Å². The van der Waals surface area contributed by atoms with Crippen molar-refractivity contribution in [3.05, 3.63) is 58.7 Å². The number of rotatable bonds is 3. The van der Waals surface area contributed by atoms with Gasteiger partial charge in [0.15, 0.2) is 0 Å². The van der Waals surface area contributed by atoms with Gasteiger partial charge >= 0.3 is 6.09 Å². The number of benzene rings is 2. The quantitative estimate of drug-likeness (QED) is 0.854. The number of hydrogen-bond donors (Lipinski definition) is 2. The Balaban J connectivity index is 2.01. The van der Waals surface area contributed by atoms with E-state index >= 15 is 0 Å². The van der Waals surface area contributed by atoms with E-state index in [4.69, 9.17) is 0 Å². The highest BCUT2D eigenvalue weighted by atomic mass is 16.4. The van der Waals surface area contributed by atoms with E-state index in [1.165, 1.54) is 0 Å². The van der Waals surface area contributed by atoms with Crippen LogP contribution in [0, 0.1) is 13.8 Å². The Bertz CT molecular complexity index is 785. The van der Waals surface area contributed by atoms with Crippen LogP contribution in [0.1, 0.15) is 47.6 Å². The van der Waals surface area contributed by atoms with Gasteiger partial charge in [0.2, 0.25) is 0 Å². The lowest BCUT2D eigenvalue weighted by Gasteiger charge is -2.34. The summed E-state index contributed by atoms with van der Waals surface area (Å²) in [6.45, 7) is 4.70. The van der Waals surface area contributed by atoms with Crippen molar-refractivity contribution < 1.29 is 15.0 Å². The van der Waals surface area contributed by atoms with E-state index in [9.17, 15) is 15.0 Å². The molecular weight excluding hydrogens is 314 g/mol. The number of carbonyl (C=O) groups is 1. The lowest BCUT2D eigenvalue weighted by Crippen LogP contribution is -2.37. The molecule has 2 N–H and O–H groups in total. The highest BCUT2D eigenvalue weighted by Crippen LogP contribution is 2.36. The van der Waals surface area contributed by atoms with E-state index in [2.05, 4.69) is 18.2 Å². The van der Waals surface area contributed by atoms with Crippen LogP contribution in [-0.4, -0.2) is 27.8 Å².